The highest BCUT2D eigenvalue weighted by Gasteiger charge is 2.43. The van der Waals surface area contributed by atoms with Crippen LogP contribution in [-0.4, -0.2) is 75.9 Å². The monoisotopic (exact) mass is 414 g/mol. The SMILES string of the molecule is CC(C)C[C@H](CO)N1CCN(C(=O)OC(C)(C)C)[C@@H](CC(=O)OC(C)(C)C)C1=O. The molecule has 1 saturated heterocycles. The average Bonchev–Trinajstić information content (AvgIpc) is 2.51. The van der Waals surface area contributed by atoms with Crippen molar-refractivity contribution in [3.05, 3.63) is 0 Å². The number of hydrogen-bond donors (Lipinski definition) is 1. The molecule has 2 atom stereocenters. The number of nitrogens with zero attached hydrogens (tertiary/aromatic N) is 2. The first kappa shape index (κ1) is 25.2. The molecule has 0 aliphatic carbocycles. The van der Waals surface area contributed by atoms with Crippen molar-refractivity contribution in [1.82, 2.24) is 9.80 Å². The smallest absolute Gasteiger partial charge is 0.411 e. The van der Waals surface area contributed by atoms with E-state index in [1.807, 2.05) is 13.8 Å². The molecule has 1 heterocycles. The molecule has 0 saturated carbocycles. The lowest BCUT2D eigenvalue weighted by Crippen LogP contribution is -2.62. The first-order chi connectivity index (χ1) is 13.1. The van der Waals surface area contributed by atoms with Crippen molar-refractivity contribution < 1.29 is 29.0 Å². The van der Waals surface area contributed by atoms with E-state index in [9.17, 15) is 19.5 Å². The number of aliphatic hydroxyl groups is 1. The maximum Gasteiger partial charge on any atom is 0.411 e. The predicted molar refractivity (Wildman–Crippen MR) is 109 cm³/mol. The lowest BCUT2D eigenvalue weighted by molar-refractivity contribution is -0.161. The third kappa shape index (κ3) is 8.20. The molecular weight excluding hydrogens is 376 g/mol. The quantitative estimate of drug-likeness (QED) is 0.671. The zero-order valence-electron chi connectivity index (χ0n) is 19.2. The van der Waals surface area contributed by atoms with Crippen LogP contribution in [0.1, 0.15) is 68.2 Å². The Labute approximate surface area is 174 Å². The molecule has 168 valence electrons. The molecule has 1 rings (SSSR count). The van der Waals surface area contributed by atoms with E-state index >= 15 is 0 Å². The van der Waals surface area contributed by atoms with Gasteiger partial charge in [-0.25, -0.2) is 4.79 Å². The molecule has 1 aliphatic rings. The van der Waals surface area contributed by atoms with Gasteiger partial charge >= 0.3 is 12.1 Å². The maximum atomic E-state index is 13.2. The second-order valence-electron chi connectivity index (χ2n) is 9.98. The van der Waals surface area contributed by atoms with E-state index in [4.69, 9.17) is 9.47 Å². The van der Waals surface area contributed by atoms with E-state index in [0.717, 1.165) is 0 Å². The topological polar surface area (TPSA) is 96.4 Å². The highest BCUT2D eigenvalue weighted by atomic mass is 16.6. The predicted octanol–water partition coefficient (Wildman–Crippen LogP) is 2.57. The summed E-state index contributed by atoms with van der Waals surface area (Å²) in [6.07, 6.45) is -0.261. The third-order valence-electron chi connectivity index (χ3n) is 4.33. The lowest BCUT2D eigenvalue weighted by Gasteiger charge is -2.43. The van der Waals surface area contributed by atoms with Crippen LogP contribution in [0, 0.1) is 5.92 Å². The number of carbonyl (C=O) groups is 3. The van der Waals surface area contributed by atoms with Crippen LogP contribution in [-0.2, 0) is 19.1 Å². The van der Waals surface area contributed by atoms with Gasteiger partial charge in [-0.1, -0.05) is 13.8 Å². The molecule has 0 aromatic heterocycles. The molecule has 0 spiro atoms. The van der Waals surface area contributed by atoms with Crippen LogP contribution in [0.15, 0.2) is 0 Å². The molecule has 29 heavy (non-hydrogen) atoms. The average molecular weight is 415 g/mol. The molecule has 1 aliphatic heterocycles. The van der Waals surface area contributed by atoms with Gasteiger partial charge in [0.2, 0.25) is 5.91 Å². The Hall–Kier alpha value is -1.83. The number of esters is 1. The Bertz CT molecular complexity index is 591. The number of amides is 2. The Morgan fingerprint density at radius 2 is 1.62 bits per heavy atom. The summed E-state index contributed by atoms with van der Waals surface area (Å²) >= 11 is 0. The summed E-state index contributed by atoms with van der Waals surface area (Å²) in [6, 6.07) is -1.38. The minimum absolute atomic E-state index is 0.171. The van der Waals surface area contributed by atoms with Crippen molar-refractivity contribution in [3.8, 4) is 0 Å². The maximum absolute atomic E-state index is 13.2. The molecule has 0 aromatic carbocycles. The summed E-state index contributed by atoms with van der Waals surface area (Å²) in [7, 11) is 0. The van der Waals surface area contributed by atoms with Gasteiger partial charge in [0, 0.05) is 13.1 Å². The second kappa shape index (κ2) is 9.78. The fourth-order valence-corrected chi connectivity index (χ4v) is 3.29. The number of piperazine rings is 1. The fourth-order valence-electron chi connectivity index (χ4n) is 3.29. The summed E-state index contributed by atoms with van der Waals surface area (Å²) in [5.74, 6) is -0.642. The van der Waals surface area contributed by atoms with Crippen molar-refractivity contribution in [3.63, 3.8) is 0 Å². The zero-order chi connectivity index (χ0) is 22.6. The molecule has 0 radical (unpaired) electrons. The van der Waals surface area contributed by atoms with Gasteiger partial charge in [-0.05, 0) is 53.9 Å². The number of aliphatic hydroxyl groups excluding tert-OH is 1. The Morgan fingerprint density at radius 3 is 2.07 bits per heavy atom. The van der Waals surface area contributed by atoms with Crippen molar-refractivity contribution >= 4 is 18.0 Å². The van der Waals surface area contributed by atoms with Gasteiger partial charge in [-0.15, -0.1) is 0 Å². The summed E-state index contributed by atoms with van der Waals surface area (Å²) < 4.78 is 10.8. The van der Waals surface area contributed by atoms with Gasteiger partial charge in [0.15, 0.2) is 0 Å². The first-order valence-electron chi connectivity index (χ1n) is 10.3. The molecule has 0 unspecified atom stereocenters. The minimum atomic E-state index is -1.02. The van der Waals surface area contributed by atoms with Crippen LogP contribution in [0.4, 0.5) is 4.79 Å². The Morgan fingerprint density at radius 1 is 1.07 bits per heavy atom. The number of rotatable bonds is 6. The van der Waals surface area contributed by atoms with E-state index in [2.05, 4.69) is 0 Å². The molecule has 0 aromatic rings. The van der Waals surface area contributed by atoms with E-state index in [0.29, 0.717) is 6.42 Å². The summed E-state index contributed by atoms with van der Waals surface area (Å²) in [5, 5.41) is 9.80. The Kier molecular flexibility index (Phi) is 8.50. The lowest BCUT2D eigenvalue weighted by atomic mass is 9.99. The molecule has 8 nitrogen and oxygen atoms in total. The fraction of sp³-hybridized carbons (Fsp3) is 0.857. The molecule has 0 bridgehead atoms. The molecular formula is C21H38N2O6. The Balaban J connectivity index is 3.10. The van der Waals surface area contributed by atoms with Crippen LogP contribution >= 0.6 is 0 Å². The number of carbonyl (C=O) groups excluding carboxylic acids is 3. The van der Waals surface area contributed by atoms with Crippen LogP contribution in [0.25, 0.3) is 0 Å². The first-order valence-corrected chi connectivity index (χ1v) is 10.3. The van der Waals surface area contributed by atoms with Crippen molar-refractivity contribution in [2.75, 3.05) is 19.7 Å². The molecule has 8 heteroatoms. The van der Waals surface area contributed by atoms with E-state index in [1.54, 1.807) is 46.4 Å². The molecule has 1 N–H and O–H groups in total. The third-order valence-corrected chi connectivity index (χ3v) is 4.33. The van der Waals surface area contributed by atoms with Gasteiger partial charge in [0.25, 0.3) is 0 Å². The van der Waals surface area contributed by atoms with Crippen LogP contribution < -0.4 is 0 Å². The van der Waals surface area contributed by atoms with E-state index < -0.39 is 29.3 Å². The summed E-state index contributed by atoms with van der Waals surface area (Å²) in [6.45, 7) is 14.8. The highest BCUT2D eigenvalue weighted by molar-refractivity contribution is 5.91. The van der Waals surface area contributed by atoms with Gasteiger partial charge in [-0.2, -0.15) is 0 Å². The van der Waals surface area contributed by atoms with Gasteiger partial charge < -0.3 is 19.5 Å². The van der Waals surface area contributed by atoms with Gasteiger partial charge in [-0.3, -0.25) is 14.5 Å². The standard InChI is InChI=1S/C21H38N2O6/c1-14(2)11-15(13-24)22-9-10-23(19(27)29-21(6,7)8)16(18(22)26)12-17(25)28-20(3,4)5/h14-16,24H,9-13H2,1-8H3/t15-,16+/m1/s1. The summed E-state index contributed by atoms with van der Waals surface area (Å²) in [4.78, 5) is 41.2. The van der Waals surface area contributed by atoms with Crippen molar-refractivity contribution in [1.29, 1.82) is 0 Å². The van der Waals surface area contributed by atoms with E-state index in [-0.39, 0.29) is 44.0 Å². The normalized spacial score (nSPS) is 19.4. The summed E-state index contributed by atoms with van der Waals surface area (Å²) in [5.41, 5.74) is -1.42. The molecule has 2 amide bonds. The molecule has 1 fully saturated rings. The number of ether oxygens (including phenoxy) is 2. The van der Waals surface area contributed by atoms with Crippen molar-refractivity contribution in [2.45, 2.75) is 91.5 Å². The van der Waals surface area contributed by atoms with Crippen LogP contribution in [0.3, 0.4) is 0 Å². The van der Waals surface area contributed by atoms with Crippen LogP contribution in [0.2, 0.25) is 0 Å². The van der Waals surface area contributed by atoms with Crippen LogP contribution in [0.5, 0.6) is 0 Å². The second-order valence-corrected chi connectivity index (χ2v) is 9.98. The zero-order valence-corrected chi connectivity index (χ0v) is 19.2. The van der Waals surface area contributed by atoms with Gasteiger partial charge in [0.1, 0.15) is 17.2 Å². The van der Waals surface area contributed by atoms with Gasteiger partial charge in [0.05, 0.1) is 19.1 Å². The van der Waals surface area contributed by atoms with Crippen molar-refractivity contribution in [2.24, 2.45) is 5.92 Å². The minimum Gasteiger partial charge on any atom is -0.460 e. The number of hydrogen-bond acceptors (Lipinski definition) is 6. The largest absolute Gasteiger partial charge is 0.460 e. The van der Waals surface area contributed by atoms with E-state index in [1.165, 1.54) is 4.90 Å². The highest BCUT2D eigenvalue weighted by Crippen LogP contribution is 2.23.